The molecular weight excluding hydrogens is 302 g/mol. The molecule has 0 radical (unpaired) electrons. The summed E-state index contributed by atoms with van der Waals surface area (Å²) >= 11 is 0. The lowest BCUT2D eigenvalue weighted by atomic mass is 10.1. The molecule has 2 aromatic rings. The van der Waals surface area contributed by atoms with Gasteiger partial charge in [0.2, 0.25) is 5.91 Å². The quantitative estimate of drug-likeness (QED) is 0.911. The standard InChI is InChI=1S/C19H21N3O2/c1-13-5-3-4-6-17(13)21-19(24)20-12-15-7-8-18-16(11-15)9-10-22(18)14(2)23/h3-8,11H,9-10,12H2,1-2H3,(H2,20,21,24). The number of carbonyl (C=O) groups excluding carboxylic acids is 2. The van der Waals surface area contributed by atoms with Crippen molar-refractivity contribution in [3.8, 4) is 0 Å². The Balaban J connectivity index is 1.60. The van der Waals surface area contributed by atoms with Crippen LogP contribution < -0.4 is 15.5 Å². The monoisotopic (exact) mass is 323 g/mol. The van der Waals surface area contributed by atoms with Crippen LogP contribution in [0.3, 0.4) is 0 Å². The Kier molecular flexibility index (Phi) is 4.51. The maximum absolute atomic E-state index is 12.0. The van der Waals surface area contributed by atoms with E-state index in [0.717, 1.165) is 41.0 Å². The summed E-state index contributed by atoms with van der Waals surface area (Å²) in [6, 6.07) is 13.4. The first-order valence-corrected chi connectivity index (χ1v) is 8.05. The van der Waals surface area contributed by atoms with Crippen LogP contribution in [0.15, 0.2) is 42.5 Å². The number of anilines is 2. The van der Waals surface area contributed by atoms with Crippen molar-refractivity contribution in [2.24, 2.45) is 0 Å². The van der Waals surface area contributed by atoms with Crippen molar-refractivity contribution in [1.29, 1.82) is 0 Å². The molecule has 3 rings (SSSR count). The van der Waals surface area contributed by atoms with E-state index >= 15 is 0 Å². The highest BCUT2D eigenvalue weighted by atomic mass is 16.2. The minimum atomic E-state index is -0.227. The van der Waals surface area contributed by atoms with E-state index in [1.165, 1.54) is 0 Å². The lowest BCUT2D eigenvalue weighted by molar-refractivity contribution is -0.116. The Hall–Kier alpha value is -2.82. The summed E-state index contributed by atoms with van der Waals surface area (Å²) in [7, 11) is 0. The van der Waals surface area contributed by atoms with Gasteiger partial charge in [0, 0.05) is 31.4 Å². The molecule has 0 saturated heterocycles. The maximum Gasteiger partial charge on any atom is 0.319 e. The van der Waals surface area contributed by atoms with Crippen molar-refractivity contribution in [3.63, 3.8) is 0 Å². The van der Waals surface area contributed by atoms with Crippen molar-refractivity contribution in [2.75, 3.05) is 16.8 Å². The molecule has 0 aromatic heterocycles. The number of benzene rings is 2. The number of carbonyl (C=O) groups is 2. The topological polar surface area (TPSA) is 61.4 Å². The maximum atomic E-state index is 12.0. The highest BCUT2D eigenvalue weighted by Gasteiger charge is 2.22. The molecule has 24 heavy (non-hydrogen) atoms. The summed E-state index contributed by atoms with van der Waals surface area (Å²) in [5.41, 5.74) is 4.99. The number of aryl methyl sites for hydroxylation is 1. The second-order valence-corrected chi connectivity index (χ2v) is 6.01. The summed E-state index contributed by atoms with van der Waals surface area (Å²) in [5.74, 6) is 0.0669. The molecule has 2 N–H and O–H groups in total. The molecule has 0 bridgehead atoms. The molecule has 5 nitrogen and oxygen atoms in total. The van der Waals surface area contributed by atoms with Crippen molar-refractivity contribution in [1.82, 2.24) is 5.32 Å². The van der Waals surface area contributed by atoms with Crippen LogP contribution in [0.4, 0.5) is 16.2 Å². The zero-order valence-corrected chi connectivity index (χ0v) is 13.9. The van der Waals surface area contributed by atoms with E-state index in [9.17, 15) is 9.59 Å². The Morgan fingerprint density at radius 2 is 1.96 bits per heavy atom. The summed E-state index contributed by atoms with van der Waals surface area (Å²) in [5, 5.41) is 5.72. The zero-order chi connectivity index (χ0) is 17.1. The molecule has 5 heteroatoms. The Bertz CT molecular complexity index is 786. The van der Waals surface area contributed by atoms with Crippen LogP contribution in [0, 0.1) is 6.92 Å². The van der Waals surface area contributed by atoms with Crippen molar-refractivity contribution in [2.45, 2.75) is 26.8 Å². The Morgan fingerprint density at radius 3 is 2.71 bits per heavy atom. The molecule has 0 aliphatic carbocycles. The number of nitrogens with one attached hydrogen (secondary N) is 2. The van der Waals surface area contributed by atoms with Crippen LogP contribution in [0.2, 0.25) is 0 Å². The Labute approximate surface area is 141 Å². The smallest absolute Gasteiger partial charge is 0.319 e. The highest BCUT2D eigenvalue weighted by Crippen LogP contribution is 2.28. The van der Waals surface area contributed by atoms with Gasteiger partial charge in [0.15, 0.2) is 0 Å². The fourth-order valence-corrected chi connectivity index (χ4v) is 2.95. The molecule has 1 aliphatic rings. The first-order valence-electron chi connectivity index (χ1n) is 8.05. The van der Waals surface area contributed by atoms with E-state index in [1.807, 2.05) is 43.3 Å². The first kappa shape index (κ1) is 16.1. The minimum absolute atomic E-state index is 0.0669. The molecule has 1 heterocycles. The van der Waals surface area contributed by atoms with Gasteiger partial charge in [0.25, 0.3) is 0 Å². The average molecular weight is 323 g/mol. The molecular formula is C19H21N3O2. The highest BCUT2D eigenvalue weighted by molar-refractivity contribution is 5.94. The fraction of sp³-hybridized carbons (Fsp3) is 0.263. The molecule has 0 spiro atoms. The van der Waals surface area contributed by atoms with E-state index in [4.69, 9.17) is 0 Å². The Morgan fingerprint density at radius 1 is 1.17 bits per heavy atom. The summed E-state index contributed by atoms with van der Waals surface area (Å²) in [6.45, 7) is 4.72. The molecule has 1 aliphatic heterocycles. The summed E-state index contributed by atoms with van der Waals surface area (Å²) < 4.78 is 0. The normalized spacial score (nSPS) is 12.7. The molecule has 3 amide bonds. The number of hydrogen-bond acceptors (Lipinski definition) is 2. The lowest BCUT2D eigenvalue weighted by Gasteiger charge is -2.15. The summed E-state index contributed by atoms with van der Waals surface area (Å²) in [6.07, 6.45) is 0.859. The average Bonchev–Trinajstić information content (AvgIpc) is 2.98. The third-order valence-electron chi connectivity index (χ3n) is 4.27. The van der Waals surface area contributed by atoms with Crippen LogP contribution in [-0.4, -0.2) is 18.5 Å². The molecule has 0 unspecified atom stereocenters. The van der Waals surface area contributed by atoms with Gasteiger partial charge in [-0.15, -0.1) is 0 Å². The third-order valence-corrected chi connectivity index (χ3v) is 4.27. The van der Waals surface area contributed by atoms with Gasteiger partial charge in [0.05, 0.1) is 0 Å². The predicted molar refractivity (Wildman–Crippen MR) is 95.2 cm³/mol. The zero-order valence-electron chi connectivity index (χ0n) is 13.9. The first-order chi connectivity index (χ1) is 11.5. The van der Waals surface area contributed by atoms with Crippen molar-refractivity contribution < 1.29 is 9.59 Å². The third kappa shape index (κ3) is 3.40. The van der Waals surface area contributed by atoms with E-state index in [0.29, 0.717) is 6.54 Å². The molecule has 0 saturated carbocycles. The number of fused-ring (bicyclic) bond motifs is 1. The number of amides is 3. The van der Waals surface area contributed by atoms with Gasteiger partial charge in [-0.3, -0.25) is 4.79 Å². The van der Waals surface area contributed by atoms with Gasteiger partial charge >= 0.3 is 6.03 Å². The largest absolute Gasteiger partial charge is 0.334 e. The lowest BCUT2D eigenvalue weighted by Crippen LogP contribution is -2.28. The molecule has 0 atom stereocenters. The van der Waals surface area contributed by atoms with Crippen molar-refractivity contribution >= 4 is 23.3 Å². The van der Waals surface area contributed by atoms with Crippen LogP contribution in [0.25, 0.3) is 0 Å². The van der Waals surface area contributed by atoms with Crippen LogP contribution >= 0.6 is 0 Å². The minimum Gasteiger partial charge on any atom is -0.334 e. The molecule has 124 valence electrons. The van der Waals surface area contributed by atoms with Crippen LogP contribution in [0.5, 0.6) is 0 Å². The molecule has 0 fully saturated rings. The van der Waals surface area contributed by atoms with Gasteiger partial charge in [-0.1, -0.05) is 30.3 Å². The number of para-hydroxylation sites is 1. The van der Waals surface area contributed by atoms with Gasteiger partial charge in [-0.2, -0.15) is 0 Å². The predicted octanol–water partition coefficient (Wildman–Crippen LogP) is 3.23. The number of rotatable bonds is 3. The van der Waals surface area contributed by atoms with E-state index < -0.39 is 0 Å². The van der Waals surface area contributed by atoms with Gasteiger partial charge in [0.1, 0.15) is 0 Å². The van der Waals surface area contributed by atoms with Gasteiger partial charge in [-0.25, -0.2) is 4.79 Å². The molecule has 2 aromatic carbocycles. The number of urea groups is 1. The van der Waals surface area contributed by atoms with Crippen LogP contribution in [0.1, 0.15) is 23.6 Å². The van der Waals surface area contributed by atoms with E-state index in [1.54, 1.807) is 11.8 Å². The second kappa shape index (κ2) is 6.74. The second-order valence-electron chi connectivity index (χ2n) is 6.01. The number of nitrogens with zero attached hydrogens (tertiary/aromatic N) is 1. The summed E-state index contributed by atoms with van der Waals surface area (Å²) in [4.78, 5) is 25.4. The van der Waals surface area contributed by atoms with Gasteiger partial charge in [-0.05, 0) is 42.2 Å². The van der Waals surface area contributed by atoms with Crippen molar-refractivity contribution in [3.05, 3.63) is 59.2 Å². The van der Waals surface area contributed by atoms with Crippen LogP contribution in [-0.2, 0) is 17.8 Å². The van der Waals surface area contributed by atoms with Gasteiger partial charge < -0.3 is 15.5 Å². The fourth-order valence-electron chi connectivity index (χ4n) is 2.95. The van der Waals surface area contributed by atoms with E-state index in [2.05, 4.69) is 16.7 Å². The SMILES string of the molecule is CC(=O)N1CCc2cc(CNC(=O)Nc3ccccc3C)ccc21. The van der Waals surface area contributed by atoms with E-state index in [-0.39, 0.29) is 11.9 Å². The number of hydrogen-bond donors (Lipinski definition) is 2.